The maximum Gasteiger partial charge on any atom is 0.0723 e. The molecule has 0 N–H and O–H groups in total. The van der Waals surface area contributed by atoms with Crippen molar-refractivity contribution in [3.63, 3.8) is 0 Å². The van der Waals surface area contributed by atoms with Crippen LogP contribution < -0.4 is 0 Å². The highest BCUT2D eigenvalue weighted by molar-refractivity contribution is 4.93. The van der Waals surface area contributed by atoms with Crippen LogP contribution in [0, 0.1) is 23.7 Å². The second-order valence-electron chi connectivity index (χ2n) is 6.50. The lowest BCUT2D eigenvalue weighted by molar-refractivity contribution is -0.0649. The van der Waals surface area contributed by atoms with Crippen LogP contribution in [0.2, 0.25) is 0 Å². The van der Waals surface area contributed by atoms with E-state index in [-0.39, 0.29) is 0 Å². The molecular formula is C16H31NO. The highest BCUT2D eigenvalue weighted by atomic mass is 16.5. The molecule has 3 rings (SSSR count). The van der Waals surface area contributed by atoms with Crippen LogP contribution in [0.1, 0.15) is 47.0 Å². The first kappa shape index (κ1) is 14.3. The topological polar surface area (TPSA) is 12.5 Å². The summed E-state index contributed by atoms with van der Waals surface area (Å²) in [7, 11) is 0. The molecule has 2 nitrogen and oxygen atoms in total. The Morgan fingerprint density at radius 3 is 2.06 bits per heavy atom. The average molecular weight is 253 g/mol. The van der Waals surface area contributed by atoms with Gasteiger partial charge < -0.3 is 9.64 Å². The van der Waals surface area contributed by atoms with E-state index < -0.39 is 0 Å². The lowest BCUT2D eigenvalue weighted by atomic mass is 9.93. The Labute approximate surface area is 113 Å². The van der Waals surface area contributed by atoms with Crippen molar-refractivity contribution < 1.29 is 4.74 Å². The van der Waals surface area contributed by atoms with E-state index in [4.69, 9.17) is 4.74 Å². The second kappa shape index (κ2) is 6.38. The van der Waals surface area contributed by atoms with Crippen LogP contribution in [-0.4, -0.2) is 37.2 Å². The van der Waals surface area contributed by atoms with E-state index in [0.717, 1.165) is 30.3 Å². The van der Waals surface area contributed by atoms with Crippen molar-refractivity contribution in [3.05, 3.63) is 0 Å². The molecule has 0 amide bonds. The van der Waals surface area contributed by atoms with Crippen LogP contribution in [0.5, 0.6) is 0 Å². The van der Waals surface area contributed by atoms with E-state index in [1.807, 2.05) is 13.8 Å². The Bertz CT molecular complexity index is 235. The number of rotatable bonds is 3. The molecule has 4 atom stereocenters. The third-order valence-electron chi connectivity index (χ3n) is 5.06. The smallest absolute Gasteiger partial charge is 0.0723 e. The number of likely N-dealkylation sites (tertiary alicyclic amines) is 1. The molecular weight excluding hydrogens is 222 g/mol. The molecule has 3 fully saturated rings. The van der Waals surface area contributed by atoms with E-state index >= 15 is 0 Å². The predicted octanol–water partition coefficient (Wildman–Crippen LogP) is 3.42. The lowest BCUT2D eigenvalue weighted by Gasteiger charge is -2.31. The summed E-state index contributed by atoms with van der Waals surface area (Å²) in [6.45, 7) is 13.7. The number of hydrogen-bond donors (Lipinski definition) is 0. The molecule has 0 aromatic carbocycles. The molecule has 2 unspecified atom stereocenters. The minimum absolute atomic E-state index is 0.569. The first-order chi connectivity index (χ1) is 8.72. The third kappa shape index (κ3) is 3.08. The van der Waals surface area contributed by atoms with Gasteiger partial charge in [0.25, 0.3) is 0 Å². The van der Waals surface area contributed by atoms with Crippen LogP contribution >= 0.6 is 0 Å². The highest BCUT2D eigenvalue weighted by Gasteiger charge is 2.42. The summed E-state index contributed by atoms with van der Waals surface area (Å²) in [5, 5.41) is 0. The molecule has 3 aliphatic rings. The Morgan fingerprint density at radius 2 is 1.67 bits per heavy atom. The number of hydrogen-bond acceptors (Lipinski definition) is 2. The standard InChI is InChI=1S/C14H25NO.C2H6/c1-10(2)11-5-12-7-15(8-13(12)6-11)9-14-3-4-16-14;1-2/h10-14H,3-9H2,1-2H3;1-2H3/t11?,12-,13+,14?;. The minimum atomic E-state index is 0.569. The minimum Gasteiger partial charge on any atom is -0.377 e. The predicted molar refractivity (Wildman–Crippen MR) is 76.7 cm³/mol. The van der Waals surface area contributed by atoms with Gasteiger partial charge in [0.05, 0.1) is 6.10 Å². The normalized spacial score (nSPS) is 39.2. The van der Waals surface area contributed by atoms with Gasteiger partial charge in [-0.25, -0.2) is 0 Å². The maximum absolute atomic E-state index is 5.53. The fourth-order valence-electron chi connectivity index (χ4n) is 3.85. The van der Waals surface area contributed by atoms with Gasteiger partial charge in [-0.1, -0.05) is 27.7 Å². The molecule has 2 saturated heterocycles. The molecule has 0 spiro atoms. The largest absolute Gasteiger partial charge is 0.377 e. The van der Waals surface area contributed by atoms with Crippen molar-refractivity contribution in [2.45, 2.75) is 53.1 Å². The van der Waals surface area contributed by atoms with E-state index in [1.54, 1.807) is 0 Å². The van der Waals surface area contributed by atoms with E-state index in [1.165, 1.54) is 38.9 Å². The first-order valence-electron chi connectivity index (χ1n) is 8.06. The third-order valence-corrected chi connectivity index (χ3v) is 5.06. The van der Waals surface area contributed by atoms with Gasteiger partial charge in [0.2, 0.25) is 0 Å². The number of fused-ring (bicyclic) bond motifs is 1. The van der Waals surface area contributed by atoms with E-state index in [2.05, 4.69) is 18.7 Å². The molecule has 0 aromatic rings. The zero-order chi connectivity index (χ0) is 13.1. The molecule has 1 aliphatic carbocycles. The van der Waals surface area contributed by atoms with Crippen LogP contribution in [0.15, 0.2) is 0 Å². The molecule has 1 saturated carbocycles. The Hall–Kier alpha value is -0.0800. The van der Waals surface area contributed by atoms with Gasteiger partial charge in [0.1, 0.15) is 0 Å². The summed E-state index contributed by atoms with van der Waals surface area (Å²) >= 11 is 0. The lowest BCUT2D eigenvalue weighted by Crippen LogP contribution is -2.39. The number of nitrogens with zero attached hydrogens (tertiary/aromatic N) is 1. The van der Waals surface area contributed by atoms with Crippen molar-refractivity contribution in [1.29, 1.82) is 0 Å². The van der Waals surface area contributed by atoms with Gasteiger partial charge in [-0.2, -0.15) is 0 Å². The molecule has 0 bridgehead atoms. The Kier molecular flexibility index (Phi) is 5.08. The second-order valence-corrected chi connectivity index (χ2v) is 6.50. The van der Waals surface area contributed by atoms with E-state index in [0.29, 0.717) is 6.10 Å². The van der Waals surface area contributed by atoms with Gasteiger partial charge >= 0.3 is 0 Å². The molecule has 2 aliphatic heterocycles. The van der Waals surface area contributed by atoms with Gasteiger partial charge in [-0.3, -0.25) is 0 Å². The van der Waals surface area contributed by atoms with Crippen LogP contribution in [-0.2, 0) is 4.74 Å². The summed E-state index contributed by atoms with van der Waals surface area (Å²) in [4.78, 5) is 2.66. The van der Waals surface area contributed by atoms with Crippen molar-refractivity contribution in [2.24, 2.45) is 23.7 Å². The van der Waals surface area contributed by atoms with Crippen molar-refractivity contribution >= 4 is 0 Å². The fraction of sp³-hybridized carbons (Fsp3) is 1.00. The van der Waals surface area contributed by atoms with Crippen LogP contribution in [0.3, 0.4) is 0 Å². The quantitative estimate of drug-likeness (QED) is 0.764. The molecule has 0 aromatic heterocycles. The zero-order valence-corrected chi connectivity index (χ0v) is 12.7. The average Bonchev–Trinajstić information content (AvgIpc) is 2.83. The highest BCUT2D eigenvalue weighted by Crippen LogP contribution is 2.44. The summed E-state index contributed by atoms with van der Waals surface area (Å²) < 4.78 is 5.53. The van der Waals surface area contributed by atoms with Gasteiger partial charge in [-0.05, 0) is 42.9 Å². The summed E-state index contributed by atoms with van der Waals surface area (Å²) in [5.41, 5.74) is 0. The first-order valence-corrected chi connectivity index (χ1v) is 8.06. The van der Waals surface area contributed by atoms with Gasteiger partial charge in [0.15, 0.2) is 0 Å². The van der Waals surface area contributed by atoms with Crippen molar-refractivity contribution in [1.82, 2.24) is 4.90 Å². The molecule has 18 heavy (non-hydrogen) atoms. The zero-order valence-electron chi connectivity index (χ0n) is 12.7. The number of ether oxygens (including phenoxy) is 1. The summed E-state index contributed by atoms with van der Waals surface area (Å²) in [5.74, 6) is 3.92. The van der Waals surface area contributed by atoms with Crippen LogP contribution in [0.25, 0.3) is 0 Å². The monoisotopic (exact) mass is 253 g/mol. The molecule has 0 radical (unpaired) electrons. The van der Waals surface area contributed by atoms with Crippen molar-refractivity contribution in [2.75, 3.05) is 26.2 Å². The Balaban J connectivity index is 0.000000574. The van der Waals surface area contributed by atoms with Crippen LogP contribution in [0.4, 0.5) is 0 Å². The SMILES string of the molecule is CC.CC(C)C1C[C@@H]2CN(CC3CCO3)C[C@@H]2C1. The summed E-state index contributed by atoms with van der Waals surface area (Å²) in [6.07, 6.45) is 4.84. The fourth-order valence-corrected chi connectivity index (χ4v) is 3.85. The molecule has 2 heterocycles. The Morgan fingerprint density at radius 1 is 1.11 bits per heavy atom. The summed E-state index contributed by atoms with van der Waals surface area (Å²) in [6, 6.07) is 0. The van der Waals surface area contributed by atoms with E-state index in [9.17, 15) is 0 Å². The van der Waals surface area contributed by atoms with Crippen molar-refractivity contribution in [3.8, 4) is 0 Å². The molecule has 2 heteroatoms. The van der Waals surface area contributed by atoms with Gasteiger partial charge in [0, 0.05) is 26.2 Å². The van der Waals surface area contributed by atoms with Gasteiger partial charge in [-0.15, -0.1) is 0 Å². The molecule has 106 valence electrons. The maximum atomic E-state index is 5.53.